The van der Waals surface area contributed by atoms with Gasteiger partial charge in [0, 0.05) is 12.8 Å². The highest BCUT2D eigenvalue weighted by Gasteiger charge is 2.07. The van der Waals surface area contributed by atoms with E-state index in [-0.39, 0.29) is 11.9 Å². The highest BCUT2D eigenvalue weighted by Crippen LogP contribution is 2.17. The summed E-state index contributed by atoms with van der Waals surface area (Å²) in [4.78, 5) is 22.5. The van der Waals surface area contributed by atoms with Crippen molar-refractivity contribution >= 4 is 11.9 Å². The van der Waals surface area contributed by atoms with E-state index in [1.165, 1.54) is 51.4 Å². The van der Waals surface area contributed by atoms with E-state index in [9.17, 15) is 9.59 Å². The van der Waals surface area contributed by atoms with Crippen LogP contribution in [0.25, 0.3) is 0 Å². The van der Waals surface area contributed by atoms with Crippen molar-refractivity contribution in [3.05, 3.63) is 0 Å². The highest BCUT2D eigenvalue weighted by molar-refractivity contribution is 5.69. The van der Waals surface area contributed by atoms with E-state index in [0.717, 1.165) is 19.3 Å². The van der Waals surface area contributed by atoms with Crippen LogP contribution in [-0.2, 0) is 19.1 Å². The zero-order valence-electron chi connectivity index (χ0n) is 16.8. The topological polar surface area (TPSA) is 52.6 Å². The maximum atomic E-state index is 11.3. The lowest BCUT2D eigenvalue weighted by atomic mass is 9.97. The molecule has 0 saturated heterocycles. The Bertz CT molecular complexity index is 328. The van der Waals surface area contributed by atoms with Crippen molar-refractivity contribution in [1.29, 1.82) is 0 Å². The largest absolute Gasteiger partial charge is 0.466 e. The summed E-state index contributed by atoms with van der Waals surface area (Å²) in [6.45, 7) is 6.91. The third kappa shape index (κ3) is 17.6. The summed E-state index contributed by atoms with van der Waals surface area (Å²) in [6, 6.07) is 0. The molecule has 4 heteroatoms. The average molecular weight is 357 g/mol. The van der Waals surface area contributed by atoms with Crippen molar-refractivity contribution in [1.82, 2.24) is 0 Å². The van der Waals surface area contributed by atoms with Crippen molar-refractivity contribution in [2.24, 2.45) is 5.92 Å². The quantitative estimate of drug-likeness (QED) is 0.243. The Kier molecular flexibility index (Phi) is 17.0. The average Bonchev–Trinajstić information content (AvgIpc) is 2.58. The molecule has 0 N–H and O–H groups in total. The van der Waals surface area contributed by atoms with Crippen molar-refractivity contribution in [3.63, 3.8) is 0 Å². The highest BCUT2D eigenvalue weighted by atomic mass is 16.5. The van der Waals surface area contributed by atoms with E-state index in [1.807, 2.05) is 13.8 Å². The molecule has 0 bridgehead atoms. The summed E-state index contributed by atoms with van der Waals surface area (Å²) >= 11 is 0. The normalized spacial score (nSPS) is 12.0. The standard InChI is InChI=1S/C21H40O4/c1-4-24-20(22)16-14-12-10-8-6-7-9-11-13-15-19(3)17-18-21(23)25-5-2/h19H,4-18H2,1-3H3. The minimum atomic E-state index is -0.0587. The van der Waals surface area contributed by atoms with Crippen LogP contribution in [0.3, 0.4) is 0 Å². The summed E-state index contributed by atoms with van der Waals surface area (Å²) < 4.78 is 9.88. The molecule has 0 aromatic rings. The molecule has 0 aliphatic carbocycles. The number of carbonyl (C=O) groups excluding carboxylic acids is 2. The first-order chi connectivity index (χ1) is 12.1. The molecule has 0 aromatic heterocycles. The van der Waals surface area contributed by atoms with Gasteiger partial charge in [0.1, 0.15) is 0 Å². The van der Waals surface area contributed by atoms with Gasteiger partial charge in [-0.05, 0) is 32.6 Å². The van der Waals surface area contributed by atoms with Crippen molar-refractivity contribution in [2.45, 2.75) is 104 Å². The van der Waals surface area contributed by atoms with Gasteiger partial charge in [-0.25, -0.2) is 0 Å². The Morgan fingerprint density at radius 1 is 0.640 bits per heavy atom. The summed E-state index contributed by atoms with van der Waals surface area (Å²) in [6.07, 6.45) is 14.4. The number of unbranched alkanes of at least 4 members (excludes halogenated alkanes) is 8. The minimum Gasteiger partial charge on any atom is -0.466 e. The SMILES string of the molecule is CCOC(=O)CCCCCCCCCCCC(C)CCC(=O)OCC. The molecule has 0 radical (unpaired) electrons. The van der Waals surface area contributed by atoms with Crippen molar-refractivity contribution < 1.29 is 19.1 Å². The van der Waals surface area contributed by atoms with Crippen LogP contribution in [0.2, 0.25) is 0 Å². The molecule has 0 rings (SSSR count). The third-order valence-corrected chi connectivity index (χ3v) is 4.53. The molecule has 0 aliphatic rings. The Morgan fingerprint density at radius 3 is 1.60 bits per heavy atom. The second-order valence-corrected chi connectivity index (χ2v) is 6.97. The number of carbonyl (C=O) groups is 2. The van der Waals surface area contributed by atoms with E-state index in [2.05, 4.69) is 6.92 Å². The summed E-state index contributed by atoms with van der Waals surface area (Å²) in [5, 5.41) is 0. The summed E-state index contributed by atoms with van der Waals surface area (Å²) in [7, 11) is 0. The Morgan fingerprint density at radius 2 is 1.08 bits per heavy atom. The lowest BCUT2D eigenvalue weighted by molar-refractivity contribution is -0.144. The molecule has 0 amide bonds. The van der Waals surface area contributed by atoms with Crippen LogP contribution in [0.15, 0.2) is 0 Å². The predicted octanol–water partition coefficient (Wildman–Crippen LogP) is 5.82. The molecule has 0 aromatic carbocycles. The number of ether oxygens (including phenoxy) is 2. The van der Waals surface area contributed by atoms with Gasteiger partial charge in [0.25, 0.3) is 0 Å². The van der Waals surface area contributed by atoms with E-state index in [1.54, 1.807) is 0 Å². The maximum Gasteiger partial charge on any atom is 0.305 e. The van der Waals surface area contributed by atoms with Gasteiger partial charge in [-0.15, -0.1) is 0 Å². The molecule has 0 fully saturated rings. The second-order valence-electron chi connectivity index (χ2n) is 6.97. The van der Waals surface area contributed by atoms with Gasteiger partial charge in [-0.3, -0.25) is 9.59 Å². The van der Waals surface area contributed by atoms with Crippen LogP contribution < -0.4 is 0 Å². The fourth-order valence-corrected chi connectivity index (χ4v) is 2.97. The van der Waals surface area contributed by atoms with Crippen molar-refractivity contribution in [3.8, 4) is 0 Å². The molecule has 148 valence electrons. The molecule has 25 heavy (non-hydrogen) atoms. The fourth-order valence-electron chi connectivity index (χ4n) is 2.97. The van der Waals surface area contributed by atoms with Gasteiger partial charge in [0.15, 0.2) is 0 Å². The maximum absolute atomic E-state index is 11.3. The predicted molar refractivity (Wildman–Crippen MR) is 102 cm³/mol. The van der Waals surface area contributed by atoms with Crippen LogP contribution in [0, 0.1) is 5.92 Å². The van der Waals surface area contributed by atoms with Crippen LogP contribution in [-0.4, -0.2) is 25.2 Å². The Labute approximate surface area is 155 Å². The fraction of sp³-hybridized carbons (Fsp3) is 0.905. The van der Waals surface area contributed by atoms with E-state index in [0.29, 0.717) is 32.0 Å². The number of esters is 2. The zero-order chi connectivity index (χ0) is 18.8. The van der Waals surface area contributed by atoms with Gasteiger partial charge >= 0.3 is 11.9 Å². The van der Waals surface area contributed by atoms with E-state index < -0.39 is 0 Å². The molecular weight excluding hydrogens is 316 g/mol. The van der Waals surface area contributed by atoms with E-state index >= 15 is 0 Å². The van der Waals surface area contributed by atoms with Gasteiger partial charge < -0.3 is 9.47 Å². The Hall–Kier alpha value is -1.06. The first kappa shape index (κ1) is 23.9. The Balaban J connectivity index is 3.25. The molecule has 1 atom stereocenters. The van der Waals surface area contributed by atoms with Crippen LogP contribution in [0.1, 0.15) is 104 Å². The zero-order valence-corrected chi connectivity index (χ0v) is 16.8. The van der Waals surface area contributed by atoms with Gasteiger partial charge in [0.05, 0.1) is 13.2 Å². The van der Waals surface area contributed by atoms with Crippen LogP contribution in [0.5, 0.6) is 0 Å². The molecule has 0 heterocycles. The first-order valence-electron chi connectivity index (χ1n) is 10.4. The number of hydrogen-bond acceptors (Lipinski definition) is 4. The monoisotopic (exact) mass is 356 g/mol. The number of hydrogen-bond donors (Lipinski definition) is 0. The molecule has 1 unspecified atom stereocenters. The number of rotatable bonds is 17. The molecule has 0 spiro atoms. The first-order valence-corrected chi connectivity index (χ1v) is 10.4. The van der Waals surface area contributed by atoms with E-state index in [4.69, 9.17) is 9.47 Å². The smallest absolute Gasteiger partial charge is 0.305 e. The molecular formula is C21H40O4. The van der Waals surface area contributed by atoms with Crippen molar-refractivity contribution in [2.75, 3.05) is 13.2 Å². The second kappa shape index (κ2) is 17.8. The molecule has 0 saturated carbocycles. The minimum absolute atomic E-state index is 0.0565. The molecule has 0 aliphatic heterocycles. The lowest BCUT2D eigenvalue weighted by Gasteiger charge is -2.10. The van der Waals surface area contributed by atoms with Gasteiger partial charge in [-0.1, -0.05) is 64.7 Å². The van der Waals surface area contributed by atoms with Gasteiger partial charge in [0.2, 0.25) is 0 Å². The lowest BCUT2D eigenvalue weighted by Crippen LogP contribution is -2.06. The van der Waals surface area contributed by atoms with Gasteiger partial charge in [-0.2, -0.15) is 0 Å². The summed E-state index contributed by atoms with van der Waals surface area (Å²) in [5.41, 5.74) is 0. The third-order valence-electron chi connectivity index (χ3n) is 4.53. The molecule has 4 nitrogen and oxygen atoms in total. The van der Waals surface area contributed by atoms with Crippen LogP contribution >= 0.6 is 0 Å². The summed E-state index contributed by atoms with van der Waals surface area (Å²) in [5.74, 6) is 0.499. The van der Waals surface area contributed by atoms with Crippen LogP contribution in [0.4, 0.5) is 0 Å².